The Bertz CT molecular complexity index is 261. The van der Waals surface area contributed by atoms with Gasteiger partial charge >= 0.3 is 5.97 Å². The molecule has 2 N–H and O–H groups in total. The molecule has 0 bridgehead atoms. The first-order chi connectivity index (χ1) is 7.78. The van der Waals surface area contributed by atoms with E-state index in [1.807, 2.05) is 0 Å². The number of aliphatic carboxylic acids is 1. The van der Waals surface area contributed by atoms with Gasteiger partial charge < -0.3 is 15.2 Å². The number of carboxylic acids is 1. The van der Waals surface area contributed by atoms with Gasteiger partial charge in [-0.15, -0.1) is 0 Å². The van der Waals surface area contributed by atoms with E-state index in [9.17, 15) is 9.59 Å². The Balaban J connectivity index is 3.69. The third-order valence-electron chi connectivity index (χ3n) is 2.47. The van der Waals surface area contributed by atoms with E-state index in [0.29, 0.717) is 25.7 Å². The molecule has 5 heteroatoms. The summed E-state index contributed by atoms with van der Waals surface area (Å²) >= 11 is 0. The lowest BCUT2D eigenvalue weighted by atomic mass is 9.93. The molecule has 0 saturated heterocycles. The summed E-state index contributed by atoms with van der Waals surface area (Å²) in [5.41, 5.74) is -1.39. The Morgan fingerprint density at radius 1 is 1.29 bits per heavy atom. The van der Waals surface area contributed by atoms with Crippen molar-refractivity contribution >= 4 is 11.9 Å². The number of nitrogens with one attached hydrogen (secondary N) is 1. The fourth-order valence-corrected chi connectivity index (χ4v) is 0.976. The fourth-order valence-electron chi connectivity index (χ4n) is 0.976. The zero-order valence-electron chi connectivity index (χ0n) is 11.1. The molecule has 0 aromatic heterocycles. The van der Waals surface area contributed by atoms with E-state index < -0.39 is 17.3 Å². The molecule has 17 heavy (non-hydrogen) atoms. The Kier molecular flexibility index (Phi) is 6.80. The molecule has 0 atom stereocenters. The molecule has 0 unspecified atom stereocenters. The first kappa shape index (κ1) is 15.9. The predicted molar refractivity (Wildman–Crippen MR) is 64.7 cm³/mol. The zero-order valence-corrected chi connectivity index (χ0v) is 11.1. The summed E-state index contributed by atoms with van der Waals surface area (Å²) in [6.07, 6.45) is 0.981. The van der Waals surface area contributed by atoms with Crippen molar-refractivity contribution in [2.75, 3.05) is 19.8 Å². The predicted octanol–water partition coefficient (Wildman–Crippen LogP) is 1.28. The molecule has 0 heterocycles. The van der Waals surface area contributed by atoms with Gasteiger partial charge in [0.1, 0.15) is 5.41 Å². The molecule has 0 rings (SSSR count). The number of carbonyl (C=O) groups is 2. The highest BCUT2D eigenvalue weighted by Crippen LogP contribution is 2.14. The van der Waals surface area contributed by atoms with E-state index in [1.165, 1.54) is 13.8 Å². The van der Waals surface area contributed by atoms with E-state index >= 15 is 0 Å². The minimum Gasteiger partial charge on any atom is -0.480 e. The average Bonchev–Trinajstić information content (AvgIpc) is 2.21. The normalized spacial score (nSPS) is 11.6. The molecule has 0 aliphatic rings. The van der Waals surface area contributed by atoms with Crippen molar-refractivity contribution in [3.63, 3.8) is 0 Å². The Hall–Kier alpha value is -1.10. The summed E-state index contributed by atoms with van der Waals surface area (Å²) < 4.78 is 5.31. The van der Waals surface area contributed by atoms with Crippen molar-refractivity contribution < 1.29 is 19.4 Å². The summed E-state index contributed by atoms with van der Waals surface area (Å²) in [6, 6.07) is 0. The molecule has 0 fully saturated rings. The monoisotopic (exact) mass is 245 g/mol. The maximum Gasteiger partial charge on any atom is 0.318 e. The van der Waals surface area contributed by atoms with Crippen molar-refractivity contribution in [3.8, 4) is 0 Å². The minimum absolute atomic E-state index is 0.341. The van der Waals surface area contributed by atoms with E-state index in [1.54, 1.807) is 0 Å². The van der Waals surface area contributed by atoms with Gasteiger partial charge in [0.2, 0.25) is 5.91 Å². The SMILES string of the molecule is CC(C)CCOCCNC(=O)C(C)(C)C(=O)O. The summed E-state index contributed by atoms with van der Waals surface area (Å²) in [5, 5.41) is 11.4. The smallest absolute Gasteiger partial charge is 0.318 e. The van der Waals surface area contributed by atoms with Crippen LogP contribution in [0.25, 0.3) is 0 Å². The van der Waals surface area contributed by atoms with Crippen LogP contribution in [0.5, 0.6) is 0 Å². The van der Waals surface area contributed by atoms with Gasteiger partial charge in [-0.2, -0.15) is 0 Å². The third-order valence-corrected chi connectivity index (χ3v) is 2.47. The zero-order chi connectivity index (χ0) is 13.5. The van der Waals surface area contributed by atoms with Gasteiger partial charge in [0, 0.05) is 13.2 Å². The number of amides is 1. The van der Waals surface area contributed by atoms with Crippen LogP contribution >= 0.6 is 0 Å². The van der Waals surface area contributed by atoms with Crippen LogP contribution in [0.2, 0.25) is 0 Å². The lowest BCUT2D eigenvalue weighted by Gasteiger charge is -2.18. The molecular formula is C12H23NO4. The molecule has 5 nitrogen and oxygen atoms in total. The molecule has 0 spiro atoms. The molecule has 0 aliphatic carbocycles. The second-order valence-electron chi connectivity index (χ2n) is 4.98. The van der Waals surface area contributed by atoms with Gasteiger partial charge in [-0.3, -0.25) is 9.59 Å². The lowest BCUT2D eigenvalue weighted by molar-refractivity contribution is -0.153. The van der Waals surface area contributed by atoms with Gasteiger partial charge in [-0.05, 0) is 26.2 Å². The van der Waals surface area contributed by atoms with Gasteiger partial charge in [0.05, 0.1) is 6.61 Å². The highest BCUT2D eigenvalue weighted by Gasteiger charge is 2.35. The Labute approximate surface area is 103 Å². The number of ether oxygens (including phenoxy) is 1. The van der Waals surface area contributed by atoms with Crippen molar-refractivity contribution in [2.24, 2.45) is 11.3 Å². The molecule has 100 valence electrons. The molecule has 0 saturated carbocycles. The van der Waals surface area contributed by atoms with E-state index in [4.69, 9.17) is 9.84 Å². The van der Waals surface area contributed by atoms with Gasteiger partial charge in [-0.25, -0.2) is 0 Å². The number of rotatable bonds is 8. The Morgan fingerprint density at radius 2 is 1.88 bits per heavy atom. The number of carboxylic acid groups (broad SMARTS) is 1. The standard InChI is InChI=1S/C12H23NO4/c1-9(2)5-7-17-8-6-13-10(14)12(3,4)11(15)16/h9H,5-8H2,1-4H3,(H,13,14)(H,15,16). The third kappa shape index (κ3) is 6.26. The summed E-state index contributed by atoms with van der Waals surface area (Å²) in [4.78, 5) is 22.3. The van der Waals surface area contributed by atoms with Crippen LogP contribution in [0.1, 0.15) is 34.1 Å². The molecule has 0 aromatic rings. The van der Waals surface area contributed by atoms with E-state index in [0.717, 1.165) is 6.42 Å². The van der Waals surface area contributed by atoms with Crippen molar-refractivity contribution in [2.45, 2.75) is 34.1 Å². The number of hydrogen-bond acceptors (Lipinski definition) is 3. The molecular weight excluding hydrogens is 222 g/mol. The van der Waals surface area contributed by atoms with Crippen LogP contribution < -0.4 is 5.32 Å². The van der Waals surface area contributed by atoms with Gasteiger partial charge in [0.25, 0.3) is 0 Å². The highest BCUT2D eigenvalue weighted by molar-refractivity contribution is 6.00. The molecule has 1 amide bonds. The average molecular weight is 245 g/mol. The summed E-state index contributed by atoms with van der Waals surface area (Å²) in [7, 11) is 0. The maximum absolute atomic E-state index is 11.5. The summed E-state index contributed by atoms with van der Waals surface area (Å²) in [6.45, 7) is 8.40. The van der Waals surface area contributed by atoms with Crippen LogP contribution in [-0.2, 0) is 14.3 Å². The topological polar surface area (TPSA) is 75.6 Å². The Morgan fingerprint density at radius 3 is 2.35 bits per heavy atom. The first-order valence-corrected chi connectivity index (χ1v) is 5.88. The molecule has 0 radical (unpaired) electrons. The van der Waals surface area contributed by atoms with E-state index in [-0.39, 0.29) is 0 Å². The van der Waals surface area contributed by atoms with Crippen LogP contribution in [0.15, 0.2) is 0 Å². The van der Waals surface area contributed by atoms with Crippen LogP contribution in [-0.4, -0.2) is 36.7 Å². The number of hydrogen-bond donors (Lipinski definition) is 2. The fraction of sp³-hybridized carbons (Fsp3) is 0.833. The quantitative estimate of drug-likeness (QED) is 0.499. The minimum atomic E-state index is -1.39. The molecule has 0 aliphatic heterocycles. The van der Waals surface area contributed by atoms with Gasteiger partial charge in [0.15, 0.2) is 0 Å². The summed E-state index contributed by atoms with van der Waals surface area (Å²) in [5.74, 6) is -1.02. The maximum atomic E-state index is 11.5. The second-order valence-corrected chi connectivity index (χ2v) is 4.98. The van der Waals surface area contributed by atoms with Crippen molar-refractivity contribution in [3.05, 3.63) is 0 Å². The van der Waals surface area contributed by atoms with Crippen molar-refractivity contribution in [1.82, 2.24) is 5.32 Å². The van der Waals surface area contributed by atoms with Crippen LogP contribution in [0.4, 0.5) is 0 Å². The van der Waals surface area contributed by atoms with E-state index in [2.05, 4.69) is 19.2 Å². The van der Waals surface area contributed by atoms with Crippen LogP contribution in [0.3, 0.4) is 0 Å². The highest BCUT2D eigenvalue weighted by atomic mass is 16.5. The second kappa shape index (κ2) is 7.27. The van der Waals surface area contributed by atoms with Crippen LogP contribution in [0, 0.1) is 11.3 Å². The largest absolute Gasteiger partial charge is 0.480 e. The first-order valence-electron chi connectivity index (χ1n) is 5.88. The van der Waals surface area contributed by atoms with Crippen molar-refractivity contribution in [1.29, 1.82) is 0 Å². The molecule has 0 aromatic carbocycles. The number of carbonyl (C=O) groups excluding carboxylic acids is 1. The van der Waals surface area contributed by atoms with Gasteiger partial charge in [-0.1, -0.05) is 13.8 Å². The lowest BCUT2D eigenvalue weighted by Crippen LogP contribution is -2.43.